The second-order valence-corrected chi connectivity index (χ2v) is 6.91. The molecule has 0 aliphatic heterocycles. The largest absolute Gasteiger partial charge is 0.417 e. The number of rotatable bonds is 5. The Hall–Kier alpha value is -0.830. The van der Waals surface area contributed by atoms with Gasteiger partial charge in [-0.2, -0.15) is 13.2 Å². The molecule has 0 amide bonds. The van der Waals surface area contributed by atoms with Crippen molar-refractivity contribution in [3.05, 3.63) is 28.8 Å². The van der Waals surface area contributed by atoms with Crippen molar-refractivity contribution in [1.29, 1.82) is 0 Å². The summed E-state index contributed by atoms with van der Waals surface area (Å²) in [6, 6.07) is 1.54. The number of sulfonamides is 1. The Morgan fingerprint density at radius 2 is 1.90 bits per heavy atom. The van der Waals surface area contributed by atoms with Crippen LogP contribution >= 0.6 is 11.6 Å². The molecule has 1 rings (SSSR count). The quantitative estimate of drug-likeness (QED) is 0.862. The zero-order valence-corrected chi connectivity index (χ0v) is 12.9. The average Bonchev–Trinajstić information content (AvgIpc) is 2.34. The third-order valence-electron chi connectivity index (χ3n) is 2.86. The minimum Gasteiger partial charge on any atom is -0.395 e. The fourth-order valence-corrected chi connectivity index (χ4v) is 3.17. The molecule has 2 N–H and O–H groups in total. The van der Waals surface area contributed by atoms with Crippen LogP contribution in [-0.2, 0) is 16.2 Å². The molecule has 1 aromatic carbocycles. The van der Waals surface area contributed by atoms with Crippen LogP contribution in [0.15, 0.2) is 23.1 Å². The van der Waals surface area contributed by atoms with Crippen LogP contribution in [0.5, 0.6) is 0 Å². The second-order valence-electron chi connectivity index (χ2n) is 4.79. The van der Waals surface area contributed by atoms with E-state index in [1.807, 2.05) is 0 Å². The number of alkyl halides is 3. The Bertz CT molecular complexity index is 602. The van der Waals surface area contributed by atoms with Gasteiger partial charge in [-0.05, 0) is 24.1 Å². The summed E-state index contributed by atoms with van der Waals surface area (Å²) >= 11 is 5.44. The minimum absolute atomic E-state index is 0.223. The number of hydrogen-bond acceptors (Lipinski definition) is 3. The summed E-state index contributed by atoms with van der Waals surface area (Å²) in [7, 11) is -4.18. The summed E-state index contributed by atoms with van der Waals surface area (Å²) in [4.78, 5) is -0.557. The minimum atomic E-state index is -4.75. The van der Waals surface area contributed by atoms with Gasteiger partial charge in [-0.3, -0.25) is 0 Å². The summed E-state index contributed by atoms with van der Waals surface area (Å²) in [6.45, 7) is 2.88. The normalized spacial score (nSPS) is 14.5. The smallest absolute Gasteiger partial charge is 0.395 e. The Morgan fingerprint density at radius 1 is 1.33 bits per heavy atom. The molecule has 120 valence electrons. The maximum absolute atomic E-state index is 12.7. The Labute approximate surface area is 126 Å². The van der Waals surface area contributed by atoms with E-state index >= 15 is 0 Å². The molecule has 21 heavy (non-hydrogen) atoms. The van der Waals surface area contributed by atoms with Gasteiger partial charge in [0.25, 0.3) is 0 Å². The molecular weight excluding hydrogens is 331 g/mol. The van der Waals surface area contributed by atoms with Crippen molar-refractivity contribution < 1.29 is 26.7 Å². The average molecular weight is 346 g/mol. The molecule has 9 heteroatoms. The number of hydrogen-bond donors (Lipinski definition) is 2. The predicted octanol–water partition coefficient (Wildman–Crippen LogP) is 2.65. The Balaban J connectivity index is 3.21. The van der Waals surface area contributed by atoms with Gasteiger partial charge in [0.05, 0.1) is 22.1 Å². The molecule has 0 aliphatic rings. The van der Waals surface area contributed by atoms with Crippen LogP contribution in [0.2, 0.25) is 5.02 Å². The monoisotopic (exact) mass is 345 g/mol. The molecule has 0 radical (unpaired) electrons. The number of nitrogens with one attached hydrogen (secondary N) is 1. The zero-order chi connectivity index (χ0) is 16.4. The van der Waals surface area contributed by atoms with E-state index in [1.165, 1.54) is 0 Å². The van der Waals surface area contributed by atoms with Crippen LogP contribution in [0.3, 0.4) is 0 Å². The standard InChI is InChI=1S/C12H15ClF3NO3S/c1-7(2)11(6-18)17-21(19,20)8-3-4-10(13)9(5-8)12(14,15)16/h3-5,7,11,17-18H,6H2,1-2H3/t11-/m1/s1. The molecule has 1 atom stereocenters. The van der Waals surface area contributed by atoms with Gasteiger partial charge in [0.15, 0.2) is 0 Å². The molecule has 0 unspecified atom stereocenters. The van der Waals surface area contributed by atoms with Crippen LogP contribution in [0.1, 0.15) is 19.4 Å². The second kappa shape index (κ2) is 6.51. The molecule has 1 aromatic rings. The van der Waals surface area contributed by atoms with Crippen molar-refractivity contribution in [2.45, 2.75) is 31.0 Å². The van der Waals surface area contributed by atoms with Gasteiger partial charge in [0.1, 0.15) is 0 Å². The first-order chi connectivity index (χ1) is 9.49. The molecule has 0 aromatic heterocycles. The van der Waals surface area contributed by atoms with Gasteiger partial charge in [-0.1, -0.05) is 25.4 Å². The van der Waals surface area contributed by atoms with Crippen molar-refractivity contribution in [1.82, 2.24) is 4.72 Å². The SMILES string of the molecule is CC(C)[C@@H](CO)NS(=O)(=O)c1ccc(Cl)c(C(F)(F)F)c1. The summed E-state index contributed by atoms with van der Waals surface area (Å²) in [5.74, 6) is -0.223. The van der Waals surface area contributed by atoms with Crippen molar-refractivity contribution in [2.75, 3.05) is 6.61 Å². The highest BCUT2D eigenvalue weighted by Gasteiger charge is 2.34. The maximum Gasteiger partial charge on any atom is 0.417 e. The Kier molecular flexibility index (Phi) is 5.65. The first kappa shape index (κ1) is 18.2. The van der Waals surface area contributed by atoms with E-state index in [0.717, 1.165) is 12.1 Å². The number of aliphatic hydroxyl groups excluding tert-OH is 1. The van der Waals surface area contributed by atoms with Gasteiger partial charge >= 0.3 is 6.18 Å². The molecule has 0 saturated heterocycles. The fourth-order valence-electron chi connectivity index (χ4n) is 1.54. The van der Waals surface area contributed by atoms with Gasteiger partial charge in [0.2, 0.25) is 10.0 Å². The Morgan fingerprint density at radius 3 is 2.33 bits per heavy atom. The highest BCUT2D eigenvalue weighted by Crippen LogP contribution is 2.35. The lowest BCUT2D eigenvalue weighted by molar-refractivity contribution is -0.137. The lowest BCUT2D eigenvalue weighted by Gasteiger charge is -2.20. The van der Waals surface area contributed by atoms with E-state index < -0.39 is 44.3 Å². The summed E-state index contributed by atoms with van der Waals surface area (Å²) < 4.78 is 64.5. The molecular formula is C12H15ClF3NO3S. The van der Waals surface area contributed by atoms with E-state index in [2.05, 4.69) is 4.72 Å². The van der Waals surface area contributed by atoms with Crippen molar-refractivity contribution in [3.8, 4) is 0 Å². The molecule has 0 fully saturated rings. The third kappa shape index (κ3) is 4.57. The number of aliphatic hydroxyl groups is 1. The first-order valence-corrected chi connectivity index (χ1v) is 7.85. The van der Waals surface area contributed by atoms with E-state index in [4.69, 9.17) is 16.7 Å². The van der Waals surface area contributed by atoms with Gasteiger partial charge in [-0.15, -0.1) is 0 Å². The molecule has 0 aliphatic carbocycles. The predicted molar refractivity (Wildman–Crippen MR) is 72.5 cm³/mol. The third-order valence-corrected chi connectivity index (χ3v) is 4.68. The van der Waals surface area contributed by atoms with Crippen LogP contribution in [0.4, 0.5) is 13.2 Å². The molecule has 0 bridgehead atoms. The van der Waals surface area contributed by atoms with Crippen LogP contribution in [0, 0.1) is 5.92 Å². The molecule has 0 heterocycles. The zero-order valence-electron chi connectivity index (χ0n) is 11.3. The highest BCUT2D eigenvalue weighted by atomic mass is 35.5. The highest BCUT2D eigenvalue weighted by molar-refractivity contribution is 7.89. The first-order valence-electron chi connectivity index (χ1n) is 5.99. The van der Waals surface area contributed by atoms with E-state index in [9.17, 15) is 21.6 Å². The van der Waals surface area contributed by atoms with Crippen molar-refractivity contribution in [3.63, 3.8) is 0 Å². The molecule has 4 nitrogen and oxygen atoms in total. The number of benzene rings is 1. The van der Waals surface area contributed by atoms with Crippen molar-refractivity contribution in [2.24, 2.45) is 5.92 Å². The summed E-state index contributed by atoms with van der Waals surface area (Å²) in [6.07, 6.45) is -4.75. The topological polar surface area (TPSA) is 66.4 Å². The lowest BCUT2D eigenvalue weighted by Crippen LogP contribution is -2.41. The molecule has 0 saturated carbocycles. The van der Waals surface area contributed by atoms with Gasteiger partial charge in [0, 0.05) is 6.04 Å². The van der Waals surface area contributed by atoms with Crippen LogP contribution in [0.25, 0.3) is 0 Å². The lowest BCUT2D eigenvalue weighted by atomic mass is 10.1. The van der Waals surface area contributed by atoms with E-state index in [0.29, 0.717) is 6.07 Å². The fraction of sp³-hybridized carbons (Fsp3) is 0.500. The maximum atomic E-state index is 12.7. The summed E-state index contributed by atoms with van der Waals surface area (Å²) in [5.41, 5.74) is -1.22. The van der Waals surface area contributed by atoms with E-state index in [-0.39, 0.29) is 5.92 Å². The van der Waals surface area contributed by atoms with Crippen LogP contribution < -0.4 is 4.72 Å². The van der Waals surface area contributed by atoms with Gasteiger partial charge in [-0.25, -0.2) is 13.1 Å². The summed E-state index contributed by atoms with van der Waals surface area (Å²) in [5, 5.41) is 8.53. The van der Waals surface area contributed by atoms with Gasteiger partial charge < -0.3 is 5.11 Å². The van der Waals surface area contributed by atoms with Crippen LogP contribution in [-0.4, -0.2) is 26.2 Å². The van der Waals surface area contributed by atoms with Crippen molar-refractivity contribution >= 4 is 21.6 Å². The molecule has 0 spiro atoms. The number of halogens is 4. The van der Waals surface area contributed by atoms with E-state index in [1.54, 1.807) is 13.8 Å².